The first-order valence-corrected chi connectivity index (χ1v) is 22.0. The number of hydrogen-bond donors (Lipinski definition) is 9. The molecule has 9 N–H and O–H groups in total. The summed E-state index contributed by atoms with van der Waals surface area (Å²) in [6, 6.07) is 3.60. The number of rotatable bonds is 27. The largest absolute Gasteiger partial charge is 0.481 e. The number of nitrogens with one attached hydrogen (secondary N) is 3. The van der Waals surface area contributed by atoms with Gasteiger partial charge in [0, 0.05) is 88.4 Å². The van der Waals surface area contributed by atoms with Crippen LogP contribution in [-0.2, 0) is 44.9 Å². The first kappa shape index (κ1) is 55.0. The van der Waals surface area contributed by atoms with Crippen molar-refractivity contribution in [2.24, 2.45) is 0 Å². The Kier molecular flexibility index (Phi) is 25.8. The van der Waals surface area contributed by atoms with E-state index >= 15 is 0 Å². The molecule has 1 aromatic rings. The molecule has 23 nitrogen and oxygen atoms in total. The number of hydrogen-bond acceptors (Lipinski definition) is 13. The molecule has 358 valence electrons. The predicted octanol–water partition coefficient (Wildman–Crippen LogP) is -0.378. The van der Waals surface area contributed by atoms with Crippen molar-refractivity contribution in [2.45, 2.75) is 70.0 Å². The second-order valence-electron chi connectivity index (χ2n) is 15.4. The van der Waals surface area contributed by atoms with Gasteiger partial charge < -0.3 is 51.5 Å². The lowest BCUT2D eigenvalue weighted by atomic mass is 10.1. The molecule has 4 amide bonds. The van der Waals surface area contributed by atoms with Crippen LogP contribution in [0.3, 0.4) is 0 Å². The minimum Gasteiger partial charge on any atom is -0.481 e. The van der Waals surface area contributed by atoms with Gasteiger partial charge in [0.05, 0.1) is 26.2 Å². The van der Waals surface area contributed by atoms with Crippen molar-refractivity contribution in [1.29, 1.82) is 0 Å². The van der Waals surface area contributed by atoms with Crippen LogP contribution in [0.1, 0.15) is 56.9 Å². The van der Waals surface area contributed by atoms with E-state index in [2.05, 4.69) is 38.5 Å². The van der Waals surface area contributed by atoms with Crippen molar-refractivity contribution >= 4 is 76.3 Å². The van der Waals surface area contributed by atoms with Gasteiger partial charge in [-0.1, -0.05) is 12.1 Å². The second kappa shape index (κ2) is 30.0. The van der Waals surface area contributed by atoms with Crippen molar-refractivity contribution in [3.8, 4) is 0 Å². The molecule has 0 aromatic heterocycles. The number of carboxylic acid groups (broad SMARTS) is 6. The number of amides is 4. The number of nitrogens with zero attached hydrogens (tertiary/aromatic N) is 5. The van der Waals surface area contributed by atoms with Gasteiger partial charge in [0.25, 0.3) is 0 Å². The SMILES string of the molecule is O=C(O)CC[C@H](NC(=O)N[C@@H](CCCCN(Cc1ccc(I)cc1)C(=O)CCCCNC(=O)CN1CCN(CC(=O)O)CCN(CC(=O)O)CCN(CC(=O)O)CC1)C(=O)O)C(=O)O. The third kappa shape index (κ3) is 24.6. The predicted molar refractivity (Wildman–Crippen MR) is 235 cm³/mol. The highest BCUT2D eigenvalue weighted by atomic mass is 127. The van der Waals surface area contributed by atoms with E-state index in [1.807, 2.05) is 29.2 Å². The van der Waals surface area contributed by atoms with Crippen LogP contribution in [0.2, 0.25) is 0 Å². The third-order valence-electron chi connectivity index (χ3n) is 10.2. The molecule has 2 atom stereocenters. The van der Waals surface area contributed by atoms with Crippen LogP contribution in [0.15, 0.2) is 24.3 Å². The lowest BCUT2D eigenvalue weighted by molar-refractivity contribution is -0.141. The van der Waals surface area contributed by atoms with Crippen molar-refractivity contribution in [3.05, 3.63) is 33.4 Å². The molecule has 24 heteroatoms. The quantitative estimate of drug-likeness (QED) is 0.0401. The monoisotopic (exact) mass is 1020 g/mol. The molecule has 2 rings (SSSR count). The van der Waals surface area contributed by atoms with Gasteiger partial charge >= 0.3 is 41.8 Å². The molecule has 0 aliphatic carbocycles. The van der Waals surface area contributed by atoms with Crippen LogP contribution < -0.4 is 16.0 Å². The zero-order valence-corrected chi connectivity index (χ0v) is 37.9. The summed E-state index contributed by atoms with van der Waals surface area (Å²) in [7, 11) is 0. The average Bonchev–Trinajstić information content (AvgIpc) is 3.20. The minimum atomic E-state index is -1.54. The highest BCUT2D eigenvalue weighted by Gasteiger charge is 2.26. The Hall–Kier alpha value is -5.18. The van der Waals surface area contributed by atoms with Gasteiger partial charge in [0.2, 0.25) is 11.8 Å². The first-order valence-electron chi connectivity index (χ1n) is 20.9. The average molecular weight is 1020 g/mol. The number of aliphatic carboxylic acids is 6. The van der Waals surface area contributed by atoms with Gasteiger partial charge in [-0.3, -0.25) is 48.4 Å². The fourth-order valence-electron chi connectivity index (χ4n) is 6.73. The van der Waals surface area contributed by atoms with Gasteiger partial charge in [-0.25, -0.2) is 14.4 Å². The number of carboxylic acids is 6. The maximum absolute atomic E-state index is 13.5. The molecule has 0 saturated carbocycles. The van der Waals surface area contributed by atoms with Crippen LogP contribution in [0, 0.1) is 3.57 Å². The van der Waals surface area contributed by atoms with E-state index in [1.54, 1.807) is 19.6 Å². The van der Waals surface area contributed by atoms with Crippen LogP contribution >= 0.6 is 22.6 Å². The molecular weight excluding hydrogens is 959 g/mol. The summed E-state index contributed by atoms with van der Waals surface area (Å²) < 4.78 is 1.00. The normalized spacial score (nSPS) is 15.6. The maximum Gasteiger partial charge on any atom is 0.326 e. The number of halogens is 1. The molecule has 1 aliphatic heterocycles. The van der Waals surface area contributed by atoms with Gasteiger partial charge in [-0.05, 0) is 78.8 Å². The summed E-state index contributed by atoms with van der Waals surface area (Å²) in [5, 5.41) is 63.3. The Balaban J connectivity index is 1.96. The van der Waals surface area contributed by atoms with E-state index < -0.39 is 66.8 Å². The zero-order chi connectivity index (χ0) is 47.6. The van der Waals surface area contributed by atoms with E-state index in [0.717, 1.165) is 9.13 Å². The van der Waals surface area contributed by atoms with Gasteiger partial charge in [0.1, 0.15) is 12.1 Å². The van der Waals surface area contributed by atoms with Gasteiger partial charge in [-0.15, -0.1) is 0 Å². The lowest BCUT2D eigenvalue weighted by Crippen LogP contribution is -2.51. The van der Waals surface area contributed by atoms with Crippen LogP contribution in [0.25, 0.3) is 0 Å². The standard InChI is InChI=1S/C40H61IN8O15/c41-29-9-7-28(8-10-29)23-49(14-4-2-5-30(38(60)61)43-40(64)44-31(39(62)63)11-12-34(52)53)33(51)6-1-3-13-42-32(50)24-45-15-17-46(25-35(54)55)19-21-48(27-37(58)59)22-20-47(18-16-45)26-36(56)57/h7-10,30-31H,1-6,11-27H2,(H,42,50)(H,52,53)(H,54,55)(H,56,57)(H,58,59)(H,60,61)(H,62,63)(H2,43,44,64)/t30-,31-/m0/s1. The first-order chi connectivity index (χ1) is 30.3. The van der Waals surface area contributed by atoms with Gasteiger partial charge in [0.15, 0.2) is 0 Å². The summed E-state index contributed by atoms with van der Waals surface area (Å²) in [5.74, 6) is -7.74. The van der Waals surface area contributed by atoms with E-state index in [4.69, 9.17) is 5.11 Å². The summed E-state index contributed by atoms with van der Waals surface area (Å²) in [6.07, 6.45) is 0.748. The summed E-state index contributed by atoms with van der Waals surface area (Å²) >= 11 is 2.17. The van der Waals surface area contributed by atoms with Crippen LogP contribution in [0.4, 0.5) is 4.79 Å². The fraction of sp³-hybridized carbons (Fsp3) is 0.625. The molecule has 0 unspecified atom stereocenters. The minimum absolute atomic E-state index is 0.0349. The molecule has 1 heterocycles. The van der Waals surface area contributed by atoms with Crippen molar-refractivity contribution in [1.82, 2.24) is 40.4 Å². The number of carbonyl (C=O) groups excluding carboxylic acids is 3. The zero-order valence-electron chi connectivity index (χ0n) is 35.7. The lowest BCUT2D eigenvalue weighted by Gasteiger charge is -2.32. The molecule has 64 heavy (non-hydrogen) atoms. The van der Waals surface area contributed by atoms with Crippen LogP contribution in [0.5, 0.6) is 0 Å². The van der Waals surface area contributed by atoms with E-state index in [9.17, 15) is 68.7 Å². The Bertz CT molecular complexity index is 1690. The Labute approximate surface area is 384 Å². The molecule has 0 radical (unpaired) electrons. The Morgan fingerprint density at radius 3 is 1.45 bits per heavy atom. The van der Waals surface area contributed by atoms with E-state index in [-0.39, 0.29) is 129 Å². The smallest absolute Gasteiger partial charge is 0.326 e. The van der Waals surface area contributed by atoms with Crippen molar-refractivity contribution < 1.29 is 73.8 Å². The molecule has 1 aromatic carbocycles. The summed E-state index contributed by atoms with van der Waals surface area (Å²) in [5.41, 5.74) is 0.873. The van der Waals surface area contributed by atoms with Gasteiger partial charge in [-0.2, -0.15) is 0 Å². The second-order valence-corrected chi connectivity index (χ2v) is 16.6. The number of carbonyl (C=O) groups is 9. The van der Waals surface area contributed by atoms with E-state index in [0.29, 0.717) is 19.3 Å². The maximum atomic E-state index is 13.5. The fourth-order valence-corrected chi connectivity index (χ4v) is 7.08. The topological polar surface area (TPSA) is 327 Å². The molecule has 0 spiro atoms. The number of benzene rings is 1. The highest BCUT2D eigenvalue weighted by molar-refractivity contribution is 14.1. The number of urea groups is 1. The van der Waals surface area contributed by atoms with Crippen molar-refractivity contribution in [3.63, 3.8) is 0 Å². The third-order valence-corrected chi connectivity index (χ3v) is 10.9. The molecule has 1 aliphatic rings. The van der Waals surface area contributed by atoms with E-state index in [1.165, 1.54) is 0 Å². The molecular formula is C40H61IN8O15. The Morgan fingerprint density at radius 2 is 1.02 bits per heavy atom. The summed E-state index contributed by atoms with van der Waals surface area (Å²) in [4.78, 5) is 116. The number of unbranched alkanes of at least 4 members (excludes halogenated alkanes) is 2. The molecule has 1 saturated heterocycles. The Morgan fingerprint density at radius 1 is 0.562 bits per heavy atom. The van der Waals surface area contributed by atoms with Crippen LogP contribution in [-0.4, -0.2) is 213 Å². The van der Waals surface area contributed by atoms with Crippen molar-refractivity contribution in [2.75, 3.05) is 91.6 Å². The highest BCUT2D eigenvalue weighted by Crippen LogP contribution is 2.14. The molecule has 1 fully saturated rings. The molecule has 0 bridgehead atoms. The summed E-state index contributed by atoms with van der Waals surface area (Å²) in [6.45, 7) is 2.02.